The van der Waals surface area contributed by atoms with E-state index in [1.807, 2.05) is 38.4 Å². The van der Waals surface area contributed by atoms with Gasteiger partial charge in [0.1, 0.15) is 5.65 Å². The number of carbonyl (C=O) groups is 1. The molecule has 0 saturated heterocycles. The number of H-pyrrole nitrogens is 1. The van der Waals surface area contributed by atoms with E-state index < -0.39 is 0 Å². The van der Waals surface area contributed by atoms with Crippen molar-refractivity contribution in [3.63, 3.8) is 0 Å². The van der Waals surface area contributed by atoms with E-state index in [4.69, 9.17) is 0 Å². The molecule has 4 heteroatoms. The first kappa shape index (κ1) is 17.0. The molecule has 0 bridgehead atoms. The van der Waals surface area contributed by atoms with Crippen LogP contribution in [0.3, 0.4) is 0 Å². The number of hydrogen-bond donors (Lipinski definition) is 2. The van der Waals surface area contributed by atoms with E-state index in [9.17, 15) is 4.79 Å². The summed E-state index contributed by atoms with van der Waals surface area (Å²) in [6, 6.07) is 8.32. The Kier molecular flexibility index (Phi) is 3.60. The van der Waals surface area contributed by atoms with Crippen LogP contribution >= 0.6 is 0 Å². The van der Waals surface area contributed by atoms with Gasteiger partial charge in [-0.25, -0.2) is 4.98 Å². The highest BCUT2D eigenvalue weighted by Gasteiger charge is 2.35. The second-order valence-electron chi connectivity index (χ2n) is 8.30. The number of nitrogens with zero attached hydrogens (tertiary/aromatic N) is 1. The number of amides is 1. The van der Waals surface area contributed by atoms with Gasteiger partial charge in [-0.05, 0) is 68.5 Å². The molecule has 28 heavy (non-hydrogen) atoms. The number of carbonyl (C=O) groups excluding carboxylic acids is 1. The second-order valence-corrected chi connectivity index (χ2v) is 8.30. The zero-order chi connectivity index (χ0) is 19.5. The molecule has 1 aromatic carbocycles. The minimum Gasteiger partial charge on any atom is -0.346 e. The number of nitrogens with one attached hydrogen (secondary N) is 2. The number of aromatic nitrogens is 2. The van der Waals surface area contributed by atoms with Gasteiger partial charge in [-0.1, -0.05) is 23.8 Å². The Morgan fingerprint density at radius 2 is 2.00 bits per heavy atom. The molecule has 0 unspecified atom stereocenters. The fourth-order valence-corrected chi connectivity index (χ4v) is 4.36. The van der Waals surface area contributed by atoms with Crippen molar-refractivity contribution in [2.75, 3.05) is 0 Å². The lowest BCUT2D eigenvalue weighted by molar-refractivity contribution is 0.0940. The SMILES string of the molecule is CC1=C(c2cnc3[nH]cc(-c4ccc5c(c4)C(C)(C)NC5=O)c3c2)C=CCC1.[HH].[HH]. The van der Waals surface area contributed by atoms with Gasteiger partial charge in [0, 0.05) is 37.3 Å². The number of aromatic amines is 1. The van der Waals surface area contributed by atoms with E-state index in [2.05, 4.69) is 46.5 Å². The highest BCUT2D eigenvalue weighted by Crippen LogP contribution is 2.37. The van der Waals surface area contributed by atoms with Crippen molar-refractivity contribution in [3.05, 3.63) is 71.1 Å². The van der Waals surface area contributed by atoms with Crippen LogP contribution in [0.2, 0.25) is 0 Å². The molecule has 3 aromatic rings. The molecular weight excluding hydrogens is 346 g/mol. The number of hydrogen-bond acceptors (Lipinski definition) is 2. The molecule has 5 rings (SSSR count). The van der Waals surface area contributed by atoms with E-state index in [0.29, 0.717) is 0 Å². The summed E-state index contributed by atoms with van der Waals surface area (Å²) in [7, 11) is 0. The summed E-state index contributed by atoms with van der Waals surface area (Å²) in [6.45, 7) is 6.29. The van der Waals surface area contributed by atoms with Gasteiger partial charge >= 0.3 is 0 Å². The smallest absolute Gasteiger partial charge is 0.252 e. The van der Waals surface area contributed by atoms with E-state index in [1.165, 1.54) is 11.1 Å². The van der Waals surface area contributed by atoms with Crippen LogP contribution in [0, 0.1) is 0 Å². The van der Waals surface area contributed by atoms with E-state index >= 15 is 0 Å². The maximum absolute atomic E-state index is 12.2. The molecule has 4 nitrogen and oxygen atoms in total. The van der Waals surface area contributed by atoms with Crippen LogP contribution in [0.15, 0.2) is 54.4 Å². The van der Waals surface area contributed by atoms with Gasteiger partial charge in [-0.3, -0.25) is 4.79 Å². The Morgan fingerprint density at radius 1 is 1.14 bits per heavy atom. The third kappa shape index (κ3) is 2.52. The lowest BCUT2D eigenvalue weighted by Gasteiger charge is -2.19. The molecule has 1 aliphatic heterocycles. The monoisotopic (exact) mass is 373 g/mol. The normalized spacial score (nSPS) is 17.9. The topological polar surface area (TPSA) is 57.8 Å². The summed E-state index contributed by atoms with van der Waals surface area (Å²) in [4.78, 5) is 20.2. The largest absolute Gasteiger partial charge is 0.346 e. The van der Waals surface area contributed by atoms with E-state index in [1.54, 1.807) is 0 Å². The quantitative estimate of drug-likeness (QED) is 0.594. The zero-order valence-corrected chi connectivity index (χ0v) is 16.4. The molecule has 0 spiro atoms. The van der Waals surface area contributed by atoms with E-state index in [-0.39, 0.29) is 14.3 Å². The molecular formula is C24H27N3O. The Bertz CT molecular complexity index is 1200. The number of allylic oxidation sites excluding steroid dienone is 4. The minimum absolute atomic E-state index is 0. The number of rotatable bonds is 2. The van der Waals surface area contributed by atoms with Crippen LogP contribution in [0.1, 0.15) is 58.0 Å². The van der Waals surface area contributed by atoms with Gasteiger partial charge in [0.25, 0.3) is 5.91 Å². The standard InChI is InChI=1S/C24H23N3O.2H2/c1-14-6-4-5-7-17(14)16-10-19-20(13-26-22(19)25-12-16)15-8-9-18-21(11-15)24(2,3)27-23(18)28;;/h5,7-13H,4,6H2,1-3H3,(H,25,26)(H,27,28);2*1H. The fourth-order valence-electron chi connectivity index (χ4n) is 4.36. The highest BCUT2D eigenvalue weighted by molar-refractivity contribution is 6.02. The highest BCUT2D eigenvalue weighted by atomic mass is 16.2. The average Bonchev–Trinajstić information content (AvgIpc) is 3.20. The van der Waals surface area contributed by atoms with Gasteiger partial charge < -0.3 is 10.3 Å². The maximum Gasteiger partial charge on any atom is 0.252 e. The molecule has 1 amide bonds. The molecule has 2 N–H and O–H groups in total. The number of pyridine rings is 1. The molecule has 0 atom stereocenters. The summed E-state index contributed by atoms with van der Waals surface area (Å²) in [6.07, 6.45) is 10.6. The number of fused-ring (bicyclic) bond motifs is 2. The van der Waals surface area contributed by atoms with Crippen LogP contribution in [0.4, 0.5) is 0 Å². The van der Waals surface area contributed by atoms with Crippen LogP contribution in [0.25, 0.3) is 27.7 Å². The lowest BCUT2D eigenvalue weighted by Crippen LogP contribution is -2.32. The minimum atomic E-state index is -0.354. The van der Waals surface area contributed by atoms with Crippen molar-refractivity contribution >= 4 is 22.5 Å². The maximum atomic E-state index is 12.2. The average molecular weight is 374 g/mol. The molecule has 0 fully saturated rings. The van der Waals surface area contributed by atoms with Crippen molar-refractivity contribution in [1.29, 1.82) is 0 Å². The Hall–Kier alpha value is -3.14. The van der Waals surface area contributed by atoms with Crippen molar-refractivity contribution in [2.45, 2.75) is 39.2 Å². The molecule has 3 heterocycles. The first-order valence-corrected chi connectivity index (χ1v) is 9.75. The van der Waals surface area contributed by atoms with Crippen molar-refractivity contribution in [1.82, 2.24) is 15.3 Å². The van der Waals surface area contributed by atoms with Gasteiger partial charge in [-0.2, -0.15) is 0 Å². The summed E-state index contributed by atoms with van der Waals surface area (Å²) < 4.78 is 0. The molecule has 1 aliphatic carbocycles. The fraction of sp³-hybridized carbons (Fsp3) is 0.250. The summed E-state index contributed by atoms with van der Waals surface area (Å²) in [5.74, 6) is 0.000859. The summed E-state index contributed by atoms with van der Waals surface area (Å²) in [5.41, 5.74) is 8.38. The lowest BCUT2D eigenvalue weighted by atomic mass is 9.90. The van der Waals surface area contributed by atoms with Gasteiger partial charge in [0.15, 0.2) is 0 Å². The first-order chi connectivity index (χ1) is 13.4. The molecule has 0 radical (unpaired) electrons. The van der Waals surface area contributed by atoms with Gasteiger partial charge in [0.2, 0.25) is 0 Å². The third-order valence-electron chi connectivity index (χ3n) is 5.95. The Balaban J connectivity index is 0.00000128. The Morgan fingerprint density at radius 3 is 2.82 bits per heavy atom. The Labute approximate surface area is 167 Å². The molecule has 144 valence electrons. The first-order valence-electron chi connectivity index (χ1n) is 9.75. The van der Waals surface area contributed by atoms with Crippen molar-refractivity contribution in [3.8, 4) is 11.1 Å². The van der Waals surface area contributed by atoms with Gasteiger partial charge in [0.05, 0.1) is 5.54 Å². The third-order valence-corrected chi connectivity index (χ3v) is 5.95. The van der Waals surface area contributed by atoms with Crippen LogP contribution in [-0.2, 0) is 5.54 Å². The van der Waals surface area contributed by atoms with Crippen LogP contribution in [0.5, 0.6) is 0 Å². The van der Waals surface area contributed by atoms with Crippen molar-refractivity contribution < 1.29 is 7.65 Å². The number of benzene rings is 1. The molecule has 2 aromatic heterocycles. The van der Waals surface area contributed by atoms with E-state index in [0.717, 1.165) is 51.7 Å². The summed E-state index contributed by atoms with van der Waals surface area (Å²) in [5, 5.41) is 4.16. The van der Waals surface area contributed by atoms with Crippen LogP contribution in [-0.4, -0.2) is 15.9 Å². The van der Waals surface area contributed by atoms with Gasteiger partial charge in [-0.15, -0.1) is 0 Å². The molecule has 0 saturated carbocycles. The zero-order valence-electron chi connectivity index (χ0n) is 16.4. The summed E-state index contributed by atoms with van der Waals surface area (Å²) >= 11 is 0. The predicted octanol–water partition coefficient (Wildman–Crippen LogP) is 5.82. The predicted molar refractivity (Wildman–Crippen MR) is 117 cm³/mol. The van der Waals surface area contributed by atoms with Crippen molar-refractivity contribution in [2.24, 2.45) is 0 Å². The second kappa shape index (κ2) is 5.93. The molecule has 2 aliphatic rings. The van der Waals surface area contributed by atoms with Crippen LogP contribution < -0.4 is 5.32 Å².